The minimum absolute atomic E-state index is 0.000804. The Morgan fingerprint density at radius 1 is 1.32 bits per heavy atom. The van der Waals surface area contributed by atoms with Crippen molar-refractivity contribution in [2.45, 2.75) is 27.3 Å². The van der Waals surface area contributed by atoms with Gasteiger partial charge in [-0.1, -0.05) is 41.9 Å². The van der Waals surface area contributed by atoms with Crippen molar-refractivity contribution in [1.82, 2.24) is 9.78 Å². The van der Waals surface area contributed by atoms with Gasteiger partial charge in [0.15, 0.2) is 5.78 Å². The molecule has 0 unspecified atom stereocenters. The Morgan fingerprint density at radius 3 is 2.47 bits per heavy atom. The second kappa shape index (κ2) is 5.70. The Morgan fingerprint density at radius 2 is 1.95 bits per heavy atom. The summed E-state index contributed by atoms with van der Waals surface area (Å²) >= 11 is 3.43. The number of carbonyl (C=O) groups is 1. The van der Waals surface area contributed by atoms with Gasteiger partial charge in [0.05, 0.1) is 5.69 Å². The minimum atomic E-state index is 0.000804. The topological polar surface area (TPSA) is 34.9 Å². The highest BCUT2D eigenvalue weighted by Crippen LogP contribution is 2.23. The number of hydrogen-bond acceptors (Lipinski definition) is 2. The van der Waals surface area contributed by atoms with E-state index >= 15 is 0 Å². The van der Waals surface area contributed by atoms with Crippen LogP contribution in [0.3, 0.4) is 0 Å². The van der Waals surface area contributed by atoms with Gasteiger partial charge in [-0.25, -0.2) is 0 Å². The van der Waals surface area contributed by atoms with Crippen molar-refractivity contribution >= 4 is 21.7 Å². The third-order valence-corrected chi connectivity index (χ3v) is 3.35. The van der Waals surface area contributed by atoms with E-state index in [2.05, 4.69) is 34.9 Å². The van der Waals surface area contributed by atoms with E-state index in [4.69, 9.17) is 0 Å². The van der Waals surface area contributed by atoms with Crippen LogP contribution in [0.4, 0.5) is 0 Å². The zero-order valence-electron chi connectivity index (χ0n) is 11.4. The molecule has 4 heteroatoms. The maximum Gasteiger partial charge on any atom is 0.180 e. The molecule has 1 heterocycles. The van der Waals surface area contributed by atoms with Crippen LogP contribution in [-0.4, -0.2) is 15.6 Å². The number of benzene rings is 1. The van der Waals surface area contributed by atoms with Crippen LogP contribution < -0.4 is 0 Å². The first kappa shape index (κ1) is 14.0. The summed E-state index contributed by atoms with van der Waals surface area (Å²) in [7, 11) is 0. The fraction of sp³-hybridized carbons (Fsp3) is 0.333. The van der Waals surface area contributed by atoms with Gasteiger partial charge in [-0.3, -0.25) is 9.48 Å². The van der Waals surface area contributed by atoms with Crippen molar-refractivity contribution in [2.75, 3.05) is 0 Å². The van der Waals surface area contributed by atoms with E-state index in [1.807, 2.05) is 35.0 Å². The number of carbonyl (C=O) groups excluding carboxylic acids is 1. The quantitative estimate of drug-likeness (QED) is 0.792. The van der Waals surface area contributed by atoms with Crippen LogP contribution in [0.2, 0.25) is 0 Å². The molecule has 1 aromatic carbocycles. The average Bonchev–Trinajstić information content (AvgIpc) is 2.73. The normalized spacial score (nSPS) is 11.0. The van der Waals surface area contributed by atoms with Crippen LogP contribution in [0, 0.1) is 5.92 Å². The van der Waals surface area contributed by atoms with Crippen LogP contribution in [0.25, 0.3) is 11.3 Å². The smallest absolute Gasteiger partial charge is 0.180 e. The zero-order chi connectivity index (χ0) is 14.0. The fourth-order valence-corrected chi connectivity index (χ4v) is 2.19. The van der Waals surface area contributed by atoms with Gasteiger partial charge >= 0.3 is 0 Å². The summed E-state index contributed by atoms with van der Waals surface area (Å²) in [5.74, 6) is 0.481. The number of nitrogens with zero attached hydrogens (tertiary/aromatic N) is 2. The third-order valence-electron chi connectivity index (χ3n) is 2.82. The van der Waals surface area contributed by atoms with Crippen LogP contribution >= 0.6 is 15.9 Å². The molecule has 0 aliphatic carbocycles. The van der Waals surface area contributed by atoms with E-state index in [0.717, 1.165) is 22.3 Å². The van der Waals surface area contributed by atoms with Gasteiger partial charge in [-0.2, -0.15) is 5.10 Å². The van der Waals surface area contributed by atoms with Crippen molar-refractivity contribution in [3.63, 3.8) is 0 Å². The summed E-state index contributed by atoms with van der Waals surface area (Å²) in [6.45, 7) is 6.63. The number of aromatic nitrogens is 2. The maximum atomic E-state index is 11.5. The van der Waals surface area contributed by atoms with Crippen LogP contribution in [0.15, 0.2) is 34.8 Å². The fourth-order valence-electron chi connectivity index (χ4n) is 1.93. The van der Waals surface area contributed by atoms with Crippen LogP contribution in [-0.2, 0) is 6.54 Å². The van der Waals surface area contributed by atoms with Crippen molar-refractivity contribution in [2.24, 2.45) is 5.92 Å². The van der Waals surface area contributed by atoms with Gasteiger partial charge in [0.1, 0.15) is 5.69 Å². The molecule has 0 saturated heterocycles. The molecular formula is C15H17BrN2O. The lowest BCUT2D eigenvalue weighted by atomic mass is 10.1. The monoisotopic (exact) mass is 320 g/mol. The summed E-state index contributed by atoms with van der Waals surface area (Å²) in [5, 5.41) is 4.40. The summed E-state index contributed by atoms with van der Waals surface area (Å²) in [6, 6.07) is 9.92. The Bertz CT molecular complexity index is 585. The van der Waals surface area contributed by atoms with Gasteiger partial charge in [-0.05, 0) is 29.7 Å². The van der Waals surface area contributed by atoms with Gasteiger partial charge in [0.2, 0.25) is 0 Å². The molecule has 0 amide bonds. The predicted molar refractivity (Wildman–Crippen MR) is 80.2 cm³/mol. The van der Waals surface area contributed by atoms with E-state index in [9.17, 15) is 4.79 Å². The van der Waals surface area contributed by atoms with Crippen LogP contribution in [0.1, 0.15) is 31.3 Å². The molecule has 19 heavy (non-hydrogen) atoms. The predicted octanol–water partition coefficient (Wildman–Crippen LogP) is 4.17. The average molecular weight is 321 g/mol. The summed E-state index contributed by atoms with van der Waals surface area (Å²) in [5.41, 5.74) is 2.59. The Balaban J connectivity index is 2.47. The molecule has 0 N–H and O–H groups in total. The molecule has 3 nitrogen and oxygen atoms in total. The molecule has 0 bridgehead atoms. The van der Waals surface area contributed by atoms with E-state index in [-0.39, 0.29) is 5.78 Å². The lowest BCUT2D eigenvalue weighted by molar-refractivity contribution is 0.101. The molecule has 2 rings (SSSR count). The minimum Gasteiger partial charge on any atom is -0.293 e. The first-order valence-electron chi connectivity index (χ1n) is 6.32. The van der Waals surface area contributed by atoms with Crippen molar-refractivity contribution in [3.8, 4) is 11.3 Å². The molecule has 100 valence electrons. The molecule has 1 aromatic heterocycles. The summed E-state index contributed by atoms with van der Waals surface area (Å²) < 4.78 is 2.96. The Kier molecular flexibility index (Phi) is 4.20. The van der Waals surface area contributed by atoms with Gasteiger partial charge in [0.25, 0.3) is 0 Å². The first-order valence-corrected chi connectivity index (χ1v) is 7.11. The Labute approximate surface area is 121 Å². The van der Waals surface area contributed by atoms with E-state index in [1.54, 1.807) is 6.92 Å². The van der Waals surface area contributed by atoms with Gasteiger partial charge in [0, 0.05) is 17.9 Å². The number of hydrogen-bond donors (Lipinski definition) is 0. The third kappa shape index (κ3) is 3.32. The highest BCUT2D eigenvalue weighted by atomic mass is 79.9. The number of Topliss-reactive ketones (excluding diaryl/α,β-unsaturated/α-hetero) is 1. The molecule has 0 radical (unpaired) electrons. The SMILES string of the molecule is CC(=O)c1cc(-c2ccc(Br)cc2)n(CC(C)C)n1. The van der Waals surface area contributed by atoms with E-state index in [1.165, 1.54) is 0 Å². The maximum absolute atomic E-state index is 11.5. The molecule has 0 spiro atoms. The molecular weight excluding hydrogens is 304 g/mol. The number of halogens is 1. The molecule has 0 saturated carbocycles. The highest BCUT2D eigenvalue weighted by Gasteiger charge is 2.13. The molecule has 2 aromatic rings. The first-order chi connectivity index (χ1) is 8.97. The molecule has 0 aliphatic rings. The summed E-state index contributed by atoms with van der Waals surface area (Å²) in [6.07, 6.45) is 0. The highest BCUT2D eigenvalue weighted by molar-refractivity contribution is 9.10. The molecule has 0 fully saturated rings. The van der Waals surface area contributed by atoms with Crippen molar-refractivity contribution in [3.05, 3.63) is 40.5 Å². The number of ketones is 1. The largest absolute Gasteiger partial charge is 0.293 e. The molecule has 0 aliphatic heterocycles. The van der Waals surface area contributed by atoms with Crippen LogP contribution in [0.5, 0.6) is 0 Å². The van der Waals surface area contributed by atoms with Gasteiger partial charge in [-0.15, -0.1) is 0 Å². The lowest BCUT2D eigenvalue weighted by Crippen LogP contribution is -2.08. The number of rotatable bonds is 4. The standard InChI is InChI=1S/C15H17BrN2O/c1-10(2)9-18-15(8-14(17-18)11(3)19)12-4-6-13(16)7-5-12/h4-8,10H,9H2,1-3H3. The summed E-state index contributed by atoms with van der Waals surface area (Å²) in [4.78, 5) is 11.5. The molecule has 0 atom stereocenters. The van der Waals surface area contributed by atoms with E-state index < -0.39 is 0 Å². The van der Waals surface area contributed by atoms with Crippen molar-refractivity contribution < 1.29 is 4.79 Å². The van der Waals surface area contributed by atoms with Gasteiger partial charge < -0.3 is 0 Å². The van der Waals surface area contributed by atoms with Crippen molar-refractivity contribution in [1.29, 1.82) is 0 Å². The lowest BCUT2D eigenvalue weighted by Gasteiger charge is -2.09. The second-order valence-corrected chi connectivity index (χ2v) is 5.97. The van der Waals surface area contributed by atoms with E-state index in [0.29, 0.717) is 11.6 Å². The second-order valence-electron chi connectivity index (χ2n) is 5.05. The Hall–Kier alpha value is -1.42. The zero-order valence-corrected chi connectivity index (χ0v) is 12.9.